The average Bonchev–Trinajstić information content (AvgIpc) is 3.55. The molecule has 7 nitrogen and oxygen atoms in total. The molecule has 4 unspecified atom stereocenters. The minimum atomic E-state index is -0.910. The molecule has 0 aliphatic heterocycles. The predicted molar refractivity (Wildman–Crippen MR) is 131 cm³/mol. The van der Waals surface area contributed by atoms with Gasteiger partial charge in [-0.3, -0.25) is 9.59 Å². The Bertz CT molecular complexity index is 1100. The van der Waals surface area contributed by atoms with Gasteiger partial charge in [-0.1, -0.05) is 55.0 Å². The van der Waals surface area contributed by atoms with E-state index in [0.29, 0.717) is 32.1 Å². The third-order valence-corrected chi connectivity index (χ3v) is 8.23. The smallest absolute Gasteiger partial charge is 0.407 e. The highest BCUT2D eigenvalue weighted by atomic mass is 16.5. The van der Waals surface area contributed by atoms with Gasteiger partial charge in [0.2, 0.25) is 5.91 Å². The average molecular weight is 477 g/mol. The van der Waals surface area contributed by atoms with Crippen molar-refractivity contribution in [1.29, 1.82) is 0 Å². The van der Waals surface area contributed by atoms with Crippen LogP contribution in [0.5, 0.6) is 0 Å². The predicted octanol–water partition coefficient (Wildman–Crippen LogP) is 4.45. The SMILES string of the molecule is CC1(C(=O)O)CCCC1NC(=O)C1CCC(NC(=O)OCC2c3ccccc3-c3ccccc32)C1. The molecule has 7 heteroatoms. The number of carbonyl (C=O) groups is 3. The Morgan fingerprint density at radius 2 is 1.63 bits per heavy atom. The molecular weight excluding hydrogens is 444 g/mol. The molecule has 5 rings (SSSR count). The fourth-order valence-corrected chi connectivity index (χ4v) is 6.10. The number of amides is 2. The Morgan fingerprint density at radius 3 is 2.29 bits per heavy atom. The lowest BCUT2D eigenvalue weighted by molar-refractivity contribution is -0.149. The molecule has 2 aromatic rings. The van der Waals surface area contributed by atoms with Crippen molar-refractivity contribution in [2.45, 2.75) is 63.5 Å². The maximum absolute atomic E-state index is 12.8. The molecule has 0 saturated heterocycles. The molecule has 0 heterocycles. The number of nitrogens with one attached hydrogen (secondary N) is 2. The molecule has 184 valence electrons. The third-order valence-electron chi connectivity index (χ3n) is 8.23. The molecule has 35 heavy (non-hydrogen) atoms. The summed E-state index contributed by atoms with van der Waals surface area (Å²) in [5.41, 5.74) is 3.79. The fourth-order valence-electron chi connectivity index (χ4n) is 6.10. The summed E-state index contributed by atoms with van der Waals surface area (Å²) in [4.78, 5) is 37.1. The topological polar surface area (TPSA) is 105 Å². The van der Waals surface area contributed by atoms with Gasteiger partial charge in [-0.05, 0) is 61.3 Å². The normalized spacial score (nSPS) is 27.2. The van der Waals surface area contributed by atoms with Gasteiger partial charge in [0.1, 0.15) is 6.61 Å². The number of hydrogen-bond donors (Lipinski definition) is 3. The minimum Gasteiger partial charge on any atom is -0.481 e. The Kier molecular flexibility index (Phi) is 6.26. The number of ether oxygens (including phenoxy) is 1. The lowest BCUT2D eigenvalue weighted by Gasteiger charge is -2.28. The number of carboxylic acids is 1. The van der Waals surface area contributed by atoms with Crippen molar-refractivity contribution in [3.63, 3.8) is 0 Å². The monoisotopic (exact) mass is 476 g/mol. The number of benzene rings is 2. The van der Waals surface area contributed by atoms with Gasteiger partial charge in [0.25, 0.3) is 0 Å². The Balaban J connectivity index is 1.13. The molecule has 2 saturated carbocycles. The molecule has 3 N–H and O–H groups in total. The van der Waals surface area contributed by atoms with Crippen LogP contribution < -0.4 is 10.6 Å². The molecule has 0 bridgehead atoms. The Hall–Kier alpha value is -3.35. The van der Waals surface area contributed by atoms with E-state index in [1.165, 1.54) is 22.3 Å². The summed E-state index contributed by atoms with van der Waals surface area (Å²) >= 11 is 0. The molecule has 3 aliphatic carbocycles. The summed E-state index contributed by atoms with van der Waals surface area (Å²) in [5, 5.41) is 15.5. The van der Waals surface area contributed by atoms with Gasteiger partial charge in [-0.2, -0.15) is 0 Å². The van der Waals surface area contributed by atoms with E-state index in [2.05, 4.69) is 34.9 Å². The van der Waals surface area contributed by atoms with E-state index >= 15 is 0 Å². The van der Waals surface area contributed by atoms with Gasteiger partial charge >= 0.3 is 12.1 Å². The maximum Gasteiger partial charge on any atom is 0.407 e. The Labute approximate surface area is 205 Å². The molecule has 0 spiro atoms. The largest absolute Gasteiger partial charge is 0.481 e. The van der Waals surface area contributed by atoms with Gasteiger partial charge in [-0.25, -0.2) is 4.79 Å². The quantitative estimate of drug-likeness (QED) is 0.571. The van der Waals surface area contributed by atoms with Crippen molar-refractivity contribution in [1.82, 2.24) is 10.6 Å². The van der Waals surface area contributed by atoms with Crippen molar-refractivity contribution in [2.24, 2.45) is 11.3 Å². The second kappa shape index (κ2) is 9.36. The lowest BCUT2D eigenvalue weighted by atomic mass is 9.84. The van der Waals surface area contributed by atoms with Crippen LogP contribution in [0.4, 0.5) is 4.79 Å². The lowest BCUT2D eigenvalue weighted by Crippen LogP contribution is -2.48. The molecule has 2 aromatic carbocycles. The highest BCUT2D eigenvalue weighted by Crippen LogP contribution is 2.44. The highest BCUT2D eigenvalue weighted by molar-refractivity contribution is 5.82. The zero-order chi connectivity index (χ0) is 24.6. The second-order valence-electron chi connectivity index (χ2n) is 10.4. The first-order chi connectivity index (χ1) is 16.9. The number of rotatable bonds is 6. The number of alkyl carbamates (subject to hydrolysis) is 1. The van der Waals surface area contributed by atoms with E-state index in [1.807, 2.05) is 24.3 Å². The molecule has 3 aliphatic rings. The van der Waals surface area contributed by atoms with Crippen LogP contribution in [0.2, 0.25) is 0 Å². The summed E-state index contributed by atoms with van der Waals surface area (Å²) in [6, 6.07) is 15.9. The minimum absolute atomic E-state index is 0.00483. The summed E-state index contributed by atoms with van der Waals surface area (Å²) in [5.74, 6) is -1.19. The van der Waals surface area contributed by atoms with Crippen LogP contribution in [0.3, 0.4) is 0 Å². The van der Waals surface area contributed by atoms with Crippen molar-refractivity contribution in [2.75, 3.05) is 6.61 Å². The van der Waals surface area contributed by atoms with E-state index < -0.39 is 17.5 Å². The number of carboxylic acid groups (broad SMARTS) is 1. The van der Waals surface area contributed by atoms with Crippen LogP contribution in [0.1, 0.15) is 62.5 Å². The van der Waals surface area contributed by atoms with Gasteiger partial charge in [-0.15, -0.1) is 0 Å². The molecule has 2 amide bonds. The van der Waals surface area contributed by atoms with E-state index in [1.54, 1.807) is 6.92 Å². The first kappa shape index (κ1) is 23.4. The van der Waals surface area contributed by atoms with Gasteiger partial charge in [0, 0.05) is 23.9 Å². The molecule has 0 radical (unpaired) electrons. The molecule has 0 aromatic heterocycles. The summed E-state index contributed by atoms with van der Waals surface area (Å²) in [6.07, 6.45) is 3.48. The van der Waals surface area contributed by atoms with Crippen molar-refractivity contribution in [3.8, 4) is 11.1 Å². The first-order valence-corrected chi connectivity index (χ1v) is 12.5. The van der Waals surface area contributed by atoms with Crippen LogP contribution in [0.15, 0.2) is 48.5 Å². The standard InChI is InChI=1S/C28H32N2O5/c1-28(26(32)33)14-6-11-24(28)30-25(31)17-12-13-18(15-17)29-27(34)35-16-23-21-9-4-2-7-19(21)20-8-3-5-10-22(20)23/h2-5,7-10,17-18,23-24H,6,11-16H2,1H3,(H,29,34)(H,30,31)(H,32,33). The molecule has 4 atom stereocenters. The zero-order valence-corrected chi connectivity index (χ0v) is 20.0. The van der Waals surface area contributed by atoms with E-state index in [-0.39, 0.29) is 36.4 Å². The van der Waals surface area contributed by atoms with Crippen LogP contribution >= 0.6 is 0 Å². The van der Waals surface area contributed by atoms with Crippen LogP contribution in [-0.2, 0) is 14.3 Å². The molecular formula is C28H32N2O5. The zero-order valence-electron chi connectivity index (χ0n) is 20.0. The van der Waals surface area contributed by atoms with E-state index in [0.717, 1.165) is 6.42 Å². The highest BCUT2D eigenvalue weighted by Gasteiger charge is 2.46. The molecule has 2 fully saturated rings. The maximum atomic E-state index is 12.8. The van der Waals surface area contributed by atoms with Gasteiger partial charge < -0.3 is 20.5 Å². The Morgan fingerprint density at radius 1 is 0.971 bits per heavy atom. The fraction of sp³-hybridized carbons (Fsp3) is 0.464. The van der Waals surface area contributed by atoms with Gasteiger partial charge in [0.15, 0.2) is 0 Å². The second-order valence-corrected chi connectivity index (χ2v) is 10.4. The van der Waals surface area contributed by atoms with E-state index in [9.17, 15) is 19.5 Å². The van der Waals surface area contributed by atoms with Crippen LogP contribution in [0, 0.1) is 11.3 Å². The van der Waals surface area contributed by atoms with Crippen LogP contribution in [0.25, 0.3) is 11.1 Å². The summed E-state index contributed by atoms with van der Waals surface area (Å²) in [7, 11) is 0. The third kappa shape index (κ3) is 4.40. The number of carbonyl (C=O) groups excluding carboxylic acids is 2. The summed E-state index contributed by atoms with van der Waals surface area (Å²) in [6.45, 7) is 1.97. The van der Waals surface area contributed by atoms with Crippen molar-refractivity contribution >= 4 is 18.0 Å². The first-order valence-electron chi connectivity index (χ1n) is 12.5. The van der Waals surface area contributed by atoms with Crippen molar-refractivity contribution in [3.05, 3.63) is 59.7 Å². The number of aliphatic carboxylic acids is 1. The van der Waals surface area contributed by atoms with Gasteiger partial charge in [0.05, 0.1) is 5.41 Å². The van der Waals surface area contributed by atoms with Crippen molar-refractivity contribution < 1.29 is 24.2 Å². The number of hydrogen-bond acceptors (Lipinski definition) is 4. The summed E-state index contributed by atoms with van der Waals surface area (Å²) < 4.78 is 5.64. The van der Waals surface area contributed by atoms with E-state index in [4.69, 9.17) is 4.74 Å². The number of fused-ring (bicyclic) bond motifs is 3. The van der Waals surface area contributed by atoms with Crippen LogP contribution in [-0.4, -0.2) is 41.8 Å².